The predicted molar refractivity (Wildman–Crippen MR) is 103 cm³/mol. The highest BCUT2D eigenvalue weighted by Crippen LogP contribution is 2.28. The molecule has 0 saturated heterocycles. The summed E-state index contributed by atoms with van der Waals surface area (Å²) < 4.78 is 12.4. The molecule has 0 aliphatic rings. The largest absolute Gasteiger partial charge is 0.490 e. The average molecular weight is 396 g/mol. The first-order chi connectivity index (χ1) is 14.1. The molecule has 10 heteroatoms. The van der Waals surface area contributed by atoms with Gasteiger partial charge in [-0.3, -0.25) is 20.4 Å². The van der Waals surface area contributed by atoms with Crippen molar-refractivity contribution in [3.05, 3.63) is 59.9 Å². The highest BCUT2D eigenvalue weighted by atomic mass is 16.5. The predicted octanol–water partition coefficient (Wildman–Crippen LogP) is 1.53. The minimum Gasteiger partial charge on any atom is -0.490 e. The Morgan fingerprint density at radius 2 is 1.52 bits per heavy atom. The minimum atomic E-state index is -0.479. The standard InChI is InChI=1S/C19H20N6O4/c1-3-28-16-10-7-14(11-17(16)29-4-2)19(27)22-21-18(26)13-5-8-15(9-6-13)25-12-20-23-24-25/h5-12H,3-4H2,1-2H3,(H,21,26)(H,22,27). The van der Waals surface area contributed by atoms with Crippen LogP contribution in [0.15, 0.2) is 48.8 Å². The van der Waals surface area contributed by atoms with Crippen molar-refractivity contribution in [3.63, 3.8) is 0 Å². The number of hydrogen-bond acceptors (Lipinski definition) is 7. The molecule has 1 heterocycles. The molecule has 0 bridgehead atoms. The van der Waals surface area contributed by atoms with Crippen LogP contribution in [0.4, 0.5) is 0 Å². The van der Waals surface area contributed by atoms with E-state index in [4.69, 9.17) is 9.47 Å². The second-order valence-electron chi connectivity index (χ2n) is 5.74. The van der Waals surface area contributed by atoms with E-state index in [-0.39, 0.29) is 0 Å². The Labute approximate surface area is 166 Å². The molecule has 2 amide bonds. The fourth-order valence-corrected chi connectivity index (χ4v) is 2.50. The Morgan fingerprint density at radius 3 is 2.14 bits per heavy atom. The van der Waals surface area contributed by atoms with Gasteiger partial charge in [0.1, 0.15) is 6.33 Å². The van der Waals surface area contributed by atoms with Gasteiger partial charge in [0.2, 0.25) is 0 Å². The van der Waals surface area contributed by atoms with Crippen molar-refractivity contribution < 1.29 is 19.1 Å². The molecular weight excluding hydrogens is 376 g/mol. The Balaban J connectivity index is 1.62. The maximum atomic E-state index is 12.4. The van der Waals surface area contributed by atoms with E-state index < -0.39 is 11.8 Å². The van der Waals surface area contributed by atoms with Gasteiger partial charge in [0, 0.05) is 11.1 Å². The summed E-state index contributed by atoms with van der Waals surface area (Å²) in [6, 6.07) is 11.4. The summed E-state index contributed by atoms with van der Waals surface area (Å²) in [5, 5.41) is 10.9. The molecule has 0 spiro atoms. The van der Waals surface area contributed by atoms with E-state index in [1.54, 1.807) is 42.5 Å². The molecule has 0 atom stereocenters. The number of hydrazine groups is 1. The van der Waals surface area contributed by atoms with Crippen molar-refractivity contribution >= 4 is 11.8 Å². The van der Waals surface area contributed by atoms with E-state index in [1.807, 2.05) is 13.8 Å². The second kappa shape index (κ2) is 9.31. The zero-order chi connectivity index (χ0) is 20.6. The molecule has 0 radical (unpaired) electrons. The summed E-state index contributed by atoms with van der Waals surface area (Å²) >= 11 is 0. The SMILES string of the molecule is CCOc1ccc(C(=O)NNC(=O)c2ccc(-n3cnnn3)cc2)cc1OCC. The molecule has 29 heavy (non-hydrogen) atoms. The molecule has 0 aliphatic carbocycles. The molecule has 3 rings (SSSR count). The first-order valence-electron chi connectivity index (χ1n) is 8.96. The average Bonchev–Trinajstić information content (AvgIpc) is 3.28. The maximum Gasteiger partial charge on any atom is 0.269 e. The molecule has 0 aliphatic heterocycles. The van der Waals surface area contributed by atoms with Gasteiger partial charge in [-0.15, -0.1) is 5.10 Å². The number of carbonyl (C=O) groups excluding carboxylic acids is 2. The summed E-state index contributed by atoms with van der Waals surface area (Å²) in [4.78, 5) is 24.6. The summed E-state index contributed by atoms with van der Waals surface area (Å²) in [5.41, 5.74) is 6.16. The lowest BCUT2D eigenvalue weighted by atomic mass is 10.2. The topological polar surface area (TPSA) is 120 Å². The molecule has 3 aromatic rings. The lowest BCUT2D eigenvalue weighted by Gasteiger charge is -2.13. The minimum absolute atomic E-state index is 0.325. The summed E-state index contributed by atoms with van der Waals surface area (Å²) in [6.07, 6.45) is 1.45. The summed E-state index contributed by atoms with van der Waals surface area (Å²) in [7, 11) is 0. The van der Waals surface area contributed by atoms with Crippen LogP contribution in [0.5, 0.6) is 11.5 Å². The lowest BCUT2D eigenvalue weighted by Crippen LogP contribution is -2.41. The van der Waals surface area contributed by atoms with Gasteiger partial charge in [0.15, 0.2) is 11.5 Å². The summed E-state index contributed by atoms with van der Waals surface area (Å²) in [5.74, 6) is 0.0781. The van der Waals surface area contributed by atoms with E-state index in [2.05, 4.69) is 26.4 Å². The number of aromatic nitrogens is 4. The highest BCUT2D eigenvalue weighted by molar-refractivity contribution is 5.99. The molecule has 0 unspecified atom stereocenters. The van der Waals surface area contributed by atoms with Crippen LogP contribution in [0, 0.1) is 0 Å². The van der Waals surface area contributed by atoms with Gasteiger partial charge in [0.25, 0.3) is 11.8 Å². The van der Waals surface area contributed by atoms with Crippen LogP contribution in [-0.2, 0) is 0 Å². The molecule has 150 valence electrons. The number of rotatable bonds is 7. The highest BCUT2D eigenvalue weighted by Gasteiger charge is 2.13. The Kier molecular flexibility index (Phi) is 6.36. The van der Waals surface area contributed by atoms with Crippen molar-refractivity contribution in [1.29, 1.82) is 0 Å². The van der Waals surface area contributed by atoms with Crippen LogP contribution in [-0.4, -0.2) is 45.2 Å². The Bertz CT molecular complexity index is 973. The number of ether oxygens (including phenoxy) is 2. The first kappa shape index (κ1) is 19.8. The lowest BCUT2D eigenvalue weighted by molar-refractivity contribution is 0.0846. The smallest absolute Gasteiger partial charge is 0.269 e. The van der Waals surface area contributed by atoms with E-state index in [0.717, 1.165) is 0 Å². The monoisotopic (exact) mass is 396 g/mol. The quantitative estimate of drug-likeness (QED) is 0.581. The molecule has 0 saturated carbocycles. The number of amides is 2. The van der Waals surface area contributed by atoms with Gasteiger partial charge in [-0.05, 0) is 66.7 Å². The molecule has 2 aromatic carbocycles. The third-order valence-electron chi connectivity index (χ3n) is 3.84. The van der Waals surface area contributed by atoms with Gasteiger partial charge in [-0.2, -0.15) is 0 Å². The number of hydrogen-bond donors (Lipinski definition) is 2. The summed E-state index contributed by atoms with van der Waals surface area (Å²) in [6.45, 7) is 4.62. The number of nitrogens with one attached hydrogen (secondary N) is 2. The van der Waals surface area contributed by atoms with Gasteiger partial charge < -0.3 is 9.47 Å². The van der Waals surface area contributed by atoms with Gasteiger partial charge in [-0.1, -0.05) is 0 Å². The van der Waals surface area contributed by atoms with Crippen molar-refractivity contribution in [2.75, 3.05) is 13.2 Å². The number of nitrogens with zero attached hydrogens (tertiary/aromatic N) is 4. The third-order valence-corrected chi connectivity index (χ3v) is 3.84. The van der Waals surface area contributed by atoms with Crippen molar-refractivity contribution in [2.24, 2.45) is 0 Å². The van der Waals surface area contributed by atoms with E-state index >= 15 is 0 Å². The number of tetrazole rings is 1. The zero-order valence-corrected chi connectivity index (χ0v) is 16.0. The van der Waals surface area contributed by atoms with Gasteiger partial charge in [-0.25, -0.2) is 4.68 Å². The molecule has 1 aromatic heterocycles. The van der Waals surface area contributed by atoms with Crippen LogP contribution in [0.3, 0.4) is 0 Å². The second-order valence-corrected chi connectivity index (χ2v) is 5.74. The molecule has 2 N–H and O–H groups in total. The number of benzene rings is 2. The van der Waals surface area contributed by atoms with Crippen molar-refractivity contribution in [1.82, 2.24) is 31.1 Å². The van der Waals surface area contributed by atoms with E-state index in [0.29, 0.717) is 41.5 Å². The van der Waals surface area contributed by atoms with E-state index in [9.17, 15) is 9.59 Å². The van der Waals surface area contributed by atoms with Crippen molar-refractivity contribution in [2.45, 2.75) is 13.8 Å². The van der Waals surface area contributed by atoms with Crippen LogP contribution >= 0.6 is 0 Å². The van der Waals surface area contributed by atoms with Gasteiger partial charge >= 0.3 is 0 Å². The molecule has 10 nitrogen and oxygen atoms in total. The first-order valence-corrected chi connectivity index (χ1v) is 8.96. The Hall–Kier alpha value is -3.95. The van der Waals surface area contributed by atoms with Crippen LogP contribution in [0.25, 0.3) is 5.69 Å². The van der Waals surface area contributed by atoms with Crippen LogP contribution < -0.4 is 20.3 Å². The maximum absolute atomic E-state index is 12.4. The van der Waals surface area contributed by atoms with Gasteiger partial charge in [0.05, 0.1) is 18.9 Å². The van der Waals surface area contributed by atoms with Crippen LogP contribution in [0.2, 0.25) is 0 Å². The third kappa shape index (κ3) is 4.86. The Morgan fingerprint density at radius 1 is 0.897 bits per heavy atom. The van der Waals surface area contributed by atoms with E-state index in [1.165, 1.54) is 11.0 Å². The normalized spacial score (nSPS) is 10.3. The molecule has 0 fully saturated rings. The fourth-order valence-electron chi connectivity index (χ4n) is 2.50. The van der Waals surface area contributed by atoms with Crippen molar-refractivity contribution in [3.8, 4) is 17.2 Å². The molecular formula is C19H20N6O4. The number of carbonyl (C=O) groups is 2. The fraction of sp³-hybridized carbons (Fsp3) is 0.211. The zero-order valence-electron chi connectivity index (χ0n) is 16.0. The van der Waals surface area contributed by atoms with Crippen LogP contribution in [0.1, 0.15) is 34.6 Å².